The van der Waals surface area contributed by atoms with Gasteiger partial charge < -0.3 is 19.5 Å². The fraction of sp³-hybridized carbons (Fsp3) is 0.370. The van der Waals surface area contributed by atoms with Crippen molar-refractivity contribution in [3.8, 4) is 22.5 Å². The van der Waals surface area contributed by atoms with Gasteiger partial charge in [-0.2, -0.15) is 0 Å². The van der Waals surface area contributed by atoms with Crippen molar-refractivity contribution in [1.29, 1.82) is 0 Å². The van der Waals surface area contributed by atoms with E-state index in [0.717, 1.165) is 28.3 Å². The quantitative estimate of drug-likeness (QED) is 0.408. The number of benzene rings is 2. The van der Waals surface area contributed by atoms with Crippen molar-refractivity contribution in [2.45, 2.75) is 39.3 Å². The number of carboxylic acid groups (broad SMARTS) is 1. The van der Waals surface area contributed by atoms with Crippen molar-refractivity contribution >= 4 is 11.8 Å². The van der Waals surface area contributed by atoms with Crippen LogP contribution >= 0.6 is 0 Å². The van der Waals surface area contributed by atoms with Gasteiger partial charge in [0.25, 0.3) is 0 Å². The Labute approximate surface area is 201 Å². The number of anilines is 1. The average Bonchev–Trinajstić information content (AvgIpc) is 2.82. The summed E-state index contributed by atoms with van der Waals surface area (Å²) in [4.78, 5) is 22.7. The summed E-state index contributed by atoms with van der Waals surface area (Å²) in [5.41, 5.74) is 3.09. The Morgan fingerprint density at radius 3 is 2.15 bits per heavy atom. The third kappa shape index (κ3) is 7.10. The number of aromatic nitrogens is 2. The molecule has 0 saturated heterocycles. The van der Waals surface area contributed by atoms with Crippen molar-refractivity contribution in [2.75, 3.05) is 31.3 Å². The maximum Gasteiger partial charge on any atom is 0.329 e. The predicted molar refractivity (Wildman–Crippen MR) is 134 cm³/mol. The zero-order valence-corrected chi connectivity index (χ0v) is 20.3. The van der Waals surface area contributed by atoms with Gasteiger partial charge in [0.15, 0.2) is 0 Å². The van der Waals surface area contributed by atoms with Gasteiger partial charge in [-0.15, -0.1) is 0 Å². The standard InChI is InChI=1S/C27H33N3O4/c1-20(2)30(15-16-34-27(3,4)19-33-18-24(31)32)23-17-28-25(21-11-7-5-8-12-21)26(29-23)22-13-9-6-10-14-22/h5-14,17,20H,15-16,18-19H2,1-4H3,(H,31,32). The van der Waals surface area contributed by atoms with Crippen LogP contribution in [-0.2, 0) is 14.3 Å². The first kappa shape index (κ1) is 25.3. The third-order valence-electron chi connectivity index (χ3n) is 5.27. The third-order valence-corrected chi connectivity index (χ3v) is 5.27. The highest BCUT2D eigenvalue weighted by molar-refractivity contribution is 5.78. The van der Waals surface area contributed by atoms with Crippen LogP contribution in [0.3, 0.4) is 0 Å². The topological polar surface area (TPSA) is 84.8 Å². The van der Waals surface area contributed by atoms with Gasteiger partial charge in [0, 0.05) is 23.7 Å². The second-order valence-corrected chi connectivity index (χ2v) is 8.94. The van der Waals surface area contributed by atoms with Crippen LogP contribution in [0, 0.1) is 0 Å². The molecular weight excluding hydrogens is 430 g/mol. The van der Waals surface area contributed by atoms with Crippen LogP contribution < -0.4 is 4.90 Å². The molecule has 0 saturated carbocycles. The molecule has 0 radical (unpaired) electrons. The van der Waals surface area contributed by atoms with Crippen LogP contribution in [0.15, 0.2) is 66.9 Å². The lowest BCUT2D eigenvalue weighted by atomic mass is 10.0. The van der Waals surface area contributed by atoms with Gasteiger partial charge in [-0.05, 0) is 27.7 Å². The van der Waals surface area contributed by atoms with Crippen LogP contribution in [-0.4, -0.2) is 59.1 Å². The van der Waals surface area contributed by atoms with Gasteiger partial charge in [-0.3, -0.25) is 4.98 Å². The Morgan fingerprint density at radius 2 is 1.59 bits per heavy atom. The average molecular weight is 464 g/mol. The van der Waals surface area contributed by atoms with E-state index in [4.69, 9.17) is 24.5 Å². The summed E-state index contributed by atoms with van der Waals surface area (Å²) < 4.78 is 11.2. The SMILES string of the molecule is CC(C)N(CCOC(C)(C)COCC(=O)O)c1cnc(-c2ccccc2)c(-c2ccccc2)n1. The second kappa shape index (κ2) is 11.7. The normalized spacial score (nSPS) is 11.6. The van der Waals surface area contributed by atoms with E-state index in [-0.39, 0.29) is 19.3 Å². The van der Waals surface area contributed by atoms with Crippen LogP contribution in [0.2, 0.25) is 0 Å². The number of ether oxygens (including phenoxy) is 2. The lowest BCUT2D eigenvalue weighted by Gasteiger charge is -2.31. The number of hydrogen-bond acceptors (Lipinski definition) is 6. The Kier molecular flexibility index (Phi) is 8.73. The number of rotatable bonds is 12. The fourth-order valence-corrected chi connectivity index (χ4v) is 3.61. The summed E-state index contributed by atoms with van der Waals surface area (Å²) in [6.45, 7) is 8.89. The van der Waals surface area contributed by atoms with Crippen LogP contribution in [0.4, 0.5) is 5.82 Å². The van der Waals surface area contributed by atoms with Gasteiger partial charge >= 0.3 is 5.97 Å². The monoisotopic (exact) mass is 463 g/mol. The molecule has 180 valence electrons. The molecule has 0 unspecified atom stereocenters. The molecule has 0 aliphatic heterocycles. The molecule has 1 heterocycles. The van der Waals surface area contributed by atoms with Crippen LogP contribution in [0.5, 0.6) is 0 Å². The van der Waals surface area contributed by atoms with Gasteiger partial charge in [-0.1, -0.05) is 60.7 Å². The molecule has 0 spiro atoms. The minimum atomic E-state index is -0.992. The zero-order valence-electron chi connectivity index (χ0n) is 20.3. The molecule has 0 amide bonds. The minimum Gasteiger partial charge on any atom is -0.480 e. The minimum absolute atomic E-state index is 0.176. The molecule has 0 bridgehead atoms. The van der Waals surface area contributed by atoms with E-state index < -0.39 is 11.6 Å². The molecule has 3 aromatic rings. The molecule has 1 N–H and O–H groups in total. The Hall–Kier alpha value is -3.29. The Balaban J connectivity index is 1.81. The van der Waals surface area contributed by atoms with Crippen molar-refractivity contribution in [3.05, 3.63) is 66.9 Å². The molecule has 1 aromatic heterocycles. The Bertz CT molecular complexity index is 1060. The number of carbonyl (C=O) groups is 1. The molecule has 0 aliphatic carbocycles. The lowest BCUT2D eigenvalue weighted by molar-refractivity contribution is -0.145. The molecule has 0 fully saturated rings. The van der Waals surface area contributed by atoms with Gasteiger partial charge in [0.1, 0.15) is 12.4 Å². The molecule has 7 heteroatoms. The van der Waals surface area contributed by atoms with E-state index in [9.17, 15) is 4.79 Å². The molecule has 3 rings (SSSR count). The van der Waals surface area contributed by atoms with Gasteiger partial charge in [-0.25, -0.2) is 9.78 Å². The summed E-state index contributed by atoms with van der Waals surface area (Å²) in [6, 6.07) is 20.3. The van der Waals surface area contributed by atoms with E-state index in [1.165, 1.54) is 0 Å². The van der Waals surface area contributed by atoms with Crippen LogP contribution in [0.25, 0.3) is 22.5 Å². The highest BCUT2D eigenvalue weighted by atomic mass is 16.5. The molecule has 7 nitrogen and oxygen atoms in total. The molecule has 0 atom stereocenters. The van der Waals surface area contributed by atoms with E-state index in [1.54, 1.807) is 0 Å². The maximum absolute atomic E-state index is 10.7. The first-order valence-corrected chi connectivity index (χ1v) is 11.4. The van der Waals surface area contributed by atoms with Crippen molar-refractivity contribution in [3.63, 3.8) is 0 Å². The number of carboxylic acids is 1. The molecular formula is C27H33N3O4. The fourth-order valence-electron chi connectivity index (χ4n) is 3.61. The van der Waals surface area contributed by atoms with Crippen molar-refractivity contribution < 1.29 is 19.4 Å². The molecule has 34 heavy (non-hydrogen) atoms. The first-order valence-electron chi connectivity index (χ1n) is 11.4. The summed E-state index contributed by atoms with van der Waals surface area (Å²) >= 11 is 0. The predicted octanol–water partition coefficient (Wildman–Crippen LogP) is 4.92. The highest BCUT2D eigenvalue weighted by Gasteiger charge is 2.22. The Morgan fingerprint density at radius 1 is 1.00 bits per heavy atom. The smallest absolute Gasteiger partial charge is 0.329 e. The zero-order chi connectivity index (χ0) is 24.6. The number of nitrogens with zero attached hydrogens (tertiary/aromatic N) is 3. The van der Waals surface area contributed by atoms with E-state index >= 15 is 0 Å². The van der Waals surface area contributed by atoms with Gasteiger partial charge in [0.2, 0.25) is 0 Å². The number of hydrogen-bond donors (Lipinski definition) is 1. The summed E-state index contributed by atoms with van der Waals surface area (Å²) in [7, 11) is 0. The molecule has 0 aliphatic rings. The maximum atomic E-state index is 10.7. The largest absolute Gasteiger partial charge is 0.480 e. The summed E-state index contributed by atoms with van der Waals surface area (Å²) in [6.07, 6.45) is 1.82. The summed E-state index contributed by atoms with van der Waals surface area (Å²) in [5, 5.41) is 8.76. The van der Waals surface area contributed by atoms with Crippen LogP contribution in [0.1, 0.15) is 27.7 Å². The van der Waals surface area contributed by atoms with E-state index in [2.05, 4.69) is 18.7 Å². The van der Waals surface area contributed by atoms with Crippen molar-refractivity contribution in [1.82, 2.24) is 9.97 Å². The van der Waals surface area contributed by atoms with Crippen molar-refractivity contribution in [2.24, 2.45) is 0 Å². The summed E-state index contributed by atoms with van der Waals surface area (Å²) in [5.74, 6) is -0.217. The number of aliphatic carboxylic acids is 1. The second-order valence-electron chi connectivity index (χ2n) is 8.94. The van der Waals surface area contributed by atoms with E-state index in [0.29, 0.717) is 13.2 Å². The highest BCUT2D eigenvalue weighted by Crippen LogP contribution is 2.30. The van der Waals surface area contributed by atoms with Gasteiger partial charge in [0.05, 0.1) is 36.4 Å². The molecule has 2 aromatic carbocycles. The first-order chi connectivity index (χ1) is 16.3. The lowest BCUT2D eigenvalue weighted by Crippen LogP contribution is -2.39. The van der Waals surface area contributed by atoms with E-state index in [1.807, 2.05) is 80.7 Å².